The topological polar surface area (TPSA) is 55.9 Å². The molecule has 19 heavy (non-hydrogen) atoms. The summed E-state index contributed by atoms with van der Waals surface area (Å²) in [5, 5.41) is 8.20. The van der Waals surface area contributed by atoms with E-state index in [1.165, 1.54) is 32.1 Å². The number of rotatable bonds is 5. The van der Waals surface area contributed by atoms with Gasteiger partial charge in [-0.25, -0.2) is 4.68 Å². The van der Waals surface area contributed by atoms with Crippen LogP contribution < -0.4 is 11.1 Å². The third-order valence-electron chi connectivity index (χ3n) is 4.31. The molecule has 3 N–H and O–H groups in total. The molecule has 2 atom stereocenters. The van der Waals surface area contributed by atoms with Gasteiger partial charge in [-0.2, -0.15) is 5.10 Å². The summed E-state index contributed by atoms with van der Waals surface area (Å²) in [6.45, 7) is 7.39. The van der Waals surface area contributed by atoms with Crippen molar-refractivity contribution in [3.8, 4) is 0 Å². The van der Waals surface area contributed by atoms with Crippen molar-refractivity contribution in [3.63, 3.8) is 0 Å². The Morgan fingerprint density at radius 1 is 1.37 bits per heavy atom. The number of nitrogens with two attached hydrogens (primary N) is 1. The summed E-state index contributed by atoms with van der Waals surface area (Å²) in [5.41, 5.74) is 7.94. The quantitative estimate of drug-likeness (QED) is 0.855. The first-order valence-corrected chi connectivity index (χ1v) is 7.75. The lowest BCUT2D eigenvalue weighted by molar-refractivity contribution is 0.326. The molecular formula is C15H28N4. The molecule has 4 nitrogen and oxygen atoms in total. The van der Waals surface area contributed by atoms with Gasteiger partial charge < -0.3 is 11.1 Å². The summed E-state index contributed by atoms with van der Waals surface area (Å²) in [6.07, 6.45) is 7.62. The molecule has 1 heterocycles. The van der Waals surface area contributed by atoms with E-state index in [4.69, 9.17) is 5.73 Å². The Balaban J connectivity index is 2.09. The fourth-order valence-electron chi connectivity index (χ4n) is 3.11. The Hall–Kier alpha value is -1.19. The van der Waals surface area contributed by atoms with E-state index in [-0.39, 0.29) is 0 Å². The van der Waals surface area contributed by atoms with E-state index in [2.05, 4.69) is 24.3 Å². The van der Waals surface area contributed by atoms with Gasteiger partial charge in [0.2, 0.25) is 0 Å². The zero-order valence-electron chi connectivity index (χ0n) is 12.6. The molecule has 1 aliphatic carbocycles. The second-order valence-electron chi connectivity index (χ2n) is 5.85. The number of hydrogen-bond donors (Lipinski definition) is 2. The van der Waals surface area contributed by atoms with Gasteiger partial charge in [-0.05, 0) is 32.1 Å². The van der Waals surface area contributed by atoms with Crippen molar-refractivity contribution in [2.24, 2.45) is 5.92 Å². The van der Waals surface area contributed by atoms with Crippen molar-refractivity contribution in [2.45, 2.75) is 71.9 Å². The number of aryl methyl sites for hydroxylation is 2. The van der Waals surface area contributed by atoms with Gasteiger partial charge in [0, 0.05) is 12.6 Å². The second kappa shape index (κ2) is 6.31. The molecule has 108 valence electrons. The highest BCUT2D eigenvalue weighted by Crippen LogP contribution is 2.31. The molecule has 1 aliphatic rings. The molecular weight excluding hydrogens is 236 g/mol. The van der Waals surface area contributed by atoms with Gasteiger partial charge in [0.15, 0.2) is 0 Å². The molecule has 0 amide bonds. The van der Waals surface area contributed by atoms with E-state index in [1.54, 1.807) is 0 Å². The van der Waals surface area contributed by atoms with Crippen LogP contribution in [0.2, 0.25) is 0 Å². The number of hydrogen-bond acceptors (Lipinski definition) is 3. The predicted octanol–water partition coefficient (Wildman–Crippen LogP) is 3.56. The molecule has 1 fully saturated rings. The lowest BCUT2D eigenvalue weighted by Crippen LogP contribution is -2.28. The Morgan fingerprint density at radius 2 is 2.16 bits per heavy atom. The maximum atomic E-state index is 6.17. The molecule has 0 bridgehead atoms. The monoisotopic (exact) mass is 264 g/mol. The van der Waals surface area contributed by atoms with Crippen LogP contribution >= 0.6 is 0 Å². The van der Waals surface area contributed by atoms with Crippen molar-refractivity contribution in [1.82, 2.24) is 9.78 Å². The minimum atomic E-state index is 0.563. The van der Waals surface area contributed by atoms with Gasteiger partial charge in [0.25, 0.3) is 0 Å². The van der Waals surface area contributed by atoms with Gasteiger partial charge in [-0.1, -0.05) is 33.1 Å². The molecule has 4 heteroatoms. The summed E-state index contributed by atoms with van der Waals surface area (Å²) < 4.78 is 2.04. The number of nitrogen functional groups attached to an aromatic ring is 1. The molecule has 1 saturated carbocycles. The molecule has 1 aromatic rings. The van der Waals surface area contributed by atoms with Gasteiger partial charge in [0.05, 0.1) is 11.4 Å². The van der Waals surface area contributed by atoms with Crippen LogP contribution in [0.3, 0.4) is 0 Å². The second-order valence-corrected chi connectivity index (χ2v) is 5.85. The molecule has 0 spiro atoms. The molecule has 2 unspecified atom stereocenters. The van der Waals surface area contributed by atoms with Crippen molar-refractivity contribution >= 4 is 11.5 Å². The lowest BCUT2D eigenvalue weighted by Gasteiger charge is -2.30. The van der Waals surface area contributed by atoms with E-state index in [9.17, 15) is 0 Å². The predicted molar refractivity (Wildman–Crippen MR) is 81.3 cm³/mol. The SMILES string of the molecule is CCCn1nc(C)c(N)c1NC1CCCC(CC)C1. The average molecular weight is 264 g/mol. The first kappa shape index (κ1) is 14.2. The zero-order chi connectivity index (χ0) is 13.8. The highest BCUT2D eigenvalue weighted by atomic mass is 15.3. The van der Waals surface area contributed by atoms with E-state index in [1.807, 2.05) is 11.6 Å². The molecule has 0 aliphatic heterocycles. The van der Waals surface area contributed by atoms with Gasteiger partial charge in [0.1, 0.15) is 5.82 Å². The molecule has 0 radical (unpaired) electrons. The number of aromatic nitrogens is 2. The Morgan fingerprint density at radius 3 is 2.84 bits per heavy atom. The highest BCUT2D eigenvalue weighted by Gasteiger charge is 2.23. The van der Waals surface area contributed by atoms with Crippen LogP contribution in [0.1, 0.15) is 58.1 Å². The first-order chi connectivity index (χ1) is 9.15. The standard InChI is InChI=1S/C15H28N4/c1-4-9-19-15(14(16)11(3)18-19)17-13-8-6-7-12(5-2)10-13/h12-13,17H,4-10,16H2,1-3H3. The van der Waals surface area contributed by atoms with E-state index < -0.39 is 0 Å². The van der Waals surface area contributed by atoms with Crippen LogP contribution in [0.15, 0.2) is 0 Å². The summed E-state index contributed by atoms with van der Waals surface area (Å²) in [4.78, 5) is 0. The first-order valence-electron chi connectivity index (χ1n) is 7.75. The summed E-state index contributed by atoms with van der Waals surface area (Å²) in [7, 11) is 0. The molecule has 2 rings (SSSR count). The van der Waals surface area contributed by atoms with Crippen LogP contribution in [0, 0.1) is 12.8 Å². The Bertz CT molecular complexity index is 411. The van der Waals surface area contributed by atoms with Crippen LogP contribution in [0.4, 0.5) is 11.5 Å². The van der Waals surface area contributed by atoms with Crippen molar-refractivity contribution < 1.29 is 0 Å². The van der Waals surface area contributed by atoms with E-state index >= 15 is 0 Å². The molecule has 1 aromatic heterocycles. The van der Waals surface area contributed by atoms with Gasteiger partial charge in [-0.3, -0.25) is 0 Å². The molecule has 0 aromatic carbocycles. The Kier molecular flexibility index (Phi) is 4.72. The lowest BCUT2D eigenvalue weighted by atomic mass is 9.84. The number of anilines is 2. The van der Waals surface area contributed by atoms with Crippen molar-refractivity contribution in [3.05, 3.63) is 5.69 Å². The average Bonchev–Trinajstić information content (AvgIpc) is 2.67. The third kappa shape index (κ3) is 3.23. The van der Waals surface area contributed by atoms with Crippen molar-refractivity contribution in [2.75, 3.05) is 11.1 Å². The van der Waals surface area contributed by atoms with Crippen LogP contribution in [-0.4, -0.2) is 15.8 Å². The third-order valence-corrected chi connectivity index (χ3v) is 4.31. The van der Waals surface area contributed by atoms with Crippen LogP contribution in [0.25, 0.3) is 0 Å². The summed E-state index contributed by atoms with van der Waals surface area (Å²) in [6, 6.07) is 0.563. The summed E-state index contributed by atoms with van der Waals surface area (Å²) >= 11 is 0. The fourth-order valence-corrected chi connectivity index (χ4v) is 3.11. The number of nitrogens with zero attached hydrogens (tertiary/aromatic N) is 2. The summed E-state index contributed by atoms with van der Waals surface area (Å²) in [5.74, 6) is 1.91. The fraction of sp³-hybridized carbons (Fsp3) is 0.800. The number of nitrogens with one attached hydrogen (secondary N) is 1. The maximum absolute atomic E-state index is 6.17. The normalized spacial score (nSPS) is 23.5. The van der Waals surface area contributed by atoms with E-state index in [0.29, 0.717) is 6.04 Å². The van der Waals surface area contributed by atoms with Crippen LogP contribution in [-0.2, 0) is 6.54 Å². The minimum absolute atomic E-state index is 0.563. The highest BCUT2D eigenvalue weighted by molar-refractivity contribution is 5.65. The largest absolute Gasteiger partial charge is 0.394 e. The smallest absolute Gasteiger partial charge is 0.148 e. The molecule has 0 saturated heterocycles. The van der Waals surface area contributed by atoms with Crippen molar-refractivity contribution in [1.29, 1.82) is 0 Å². The van der Waals surface area contributed by atoms with Crippen LogP contribution in [0.5, 0.6) is 0 Å². The zero-order valence-corrected chi connectivity index (χ0v) is 12.6. The van der Waals surface area contributed by atoms with E-state index in [0.717, 1.165) is 36.1 Å². The van der Waals surface area contributed by atoms with Gasteiger partial charge >= 0.3 is 0 Å². The van der Waals surface area contributed by atoms with Gasteiger partial charge in [-0.15, -0.1) is 0 Å². The minimum Gasteiger partial charge on any atom is -0.394 e. The Labute approximate surface area is 116 Å². The maximum Gasteiger partial charge on any atom is 0.148 e.